The molecule has 19 heavy (non-hydrogen) atoms. The van der Waals surface area contributed by atoms with Gasteiger partial charge in [-0.05, 0) is 37.5 Å². The van der Waals surface area contributed by atoms with Crippen LogP contribution in [0.5, 0.6) is 5.75 Å². The molecule has 0 radical (unpaired) electrons. The van der Waals surface area contributed by atoms with Crippen molar-refractivity contribution in [1.82, 2.24) is 4.90 Å². The van der Waals surface area contributed by atoms with E-state index in [0.29, 0.717) is 11.6 Å². The zero-order valence-corrected chi connectivity index (χ0v) is 13.2. The first-order chi connectivity index (χ1) is 9.15. The molecular formula is C14H19BrClNO2. The molecule has 5 heteroatoms. The van der Waals surface area contributed by atoms with Crippen molar-refractivity contribution in [2.45, 2.75) is 25.4 Å². The summed E-state index contributed by atoms with van der Waals surface area (Å²) in [5, 5.41) is 10.1. The minimum atomic E-state index is -0.103. The van der Waals surface area contributed by atoms with E-state index in [1.807, 2.05) is 18.2 Å². The summed E-state index contributed by atoms with van der Waals surface area (Å²) in [7, 11) is 0. The summed E-state index contributed by atoms with van der Waals surface area (Å²) in [6.07, 6.45) is 2.65. The molecule has 2 rings (SSSR count). The summed E-state index contributed by atoms with van der Waals surface area (Å²) in [4.78, 5) is 2.37. The molecule has 1 aliphatic rings. The Morgan fingerprint density at radius 3 is 2.79 bits per heavy atom. The van der Waals surface area contributed by atoms with Gasteiger partial charge in [-0.1, -0.05) is 27.5 Å². The first kappa shape index (κ1) is 15.1. The Kier molecular flexibility index (Phi) is 5.95. The van der Waals surface area contributed by atoms with Crippen molar-refractivity contribution in [2.75, 3.05) is 26.2 Å². The van der Waals surface area contributed by atoms with Gasteiger partial charge in [0.2, 0.25) is 0 Å². The van der Waals surface area contributed by atoms with Crippen molar-refractivity contribution in [2.24, 2.45) is 0 Å². The third-order valence-corrected chi connectivity index (χ3v) is 4.12. The second-order valence-corrected chi connectivity index (χ2v) is 6.17. The Labute approximate surface area is 127 Å². The van der Waals surface area contributed by atoms with E-state index in [9.17, 15) is 5.11 Å². The topological polar surface area (TPSA) is 32.7 Å². The third kappa shape index (κ3) is 4.95. The van der Waals surface area contributed by atoms with Crippen molar-refractivity contribution in [1.29, 1.82) is 0 Å². The molecule has 0 bridgehead atoms. The molecular weight excluding hydrogens is 330 g/mol. The molecule has 0 saturated carbocycles. The predicted molar refractivity (Wildman–Crippen MR) is 80.9 cm³/mol. The van der Waals surface area contributed by atoms with Crippen molar-refractivity contribution < 1.29 is 9.84 Å². The predicted octanol–water partition coefficient (Wildman–Crippen LogP) is 3.33. The summed E-state index contributed by atoms with van der Waals surface area (Å²) in [6.45, 7) is 3.65. The number of likely N-dealkylation sites (tertiary alicyclic amines) is 1. The zero-order valence-electron chi connectivity index (χ0n) is 10.8. The highest BCUT2D eigenvalue weighted by Gasteiger charge is 2.16. The Bertz CT molecular complexity index is 408. The number of benzene rings is 1. The van der Waals surface area contributed by atoms with Gasteiger partial charge in [-0.2, -0.15) is 0 Å². The molecule has 0 aromatic heterocycles. The standard InChI is InChI=1S/C14H19BrClNO2/c15-11-2-3-14(13(16)10-11)19-9-1-6-17-7-4-12(18)5-8-17/h2-3,10,12,18H,1,4-9H2. The van der Waals surface area contributed by atoms with Crippen LogP contribution in [-0.2, 0) is 0 Å². The molecule has 106 valence electrons. The van der Waals surface area contributed by atoms with Crippen LogP contribution in [0.1, 0.15) is 19.3 Å². The fourth-order valence-electron chi connectivity index (χ4n) is 2.21. The summed E-state index contributed by atoms with van der Waals surface area (Å²) >= 11 is 9.45. The molecule has 1 aliphatic heterocycles. The van der Waals surface area contributed by atoms with Gasteiger partial charge in [0.1, 0.15) is 5.75 Å². The summed E-state index contributed by atoms with van der Waals surface area (Å²) in [5.74, 6) is 0.735. The Hall–Kier alpha value is -0.290. The SMILES string of the molecule is OC1CCN(CCCOc2ccc(Br)cc2Cl)CC1. The molecule has 0 amide bonds. The first-order valence-electron chi connectivity index (χ1n) is 6.63. The van der Waals surface area contributed by atoms with E-state index in [1.165, 1.54) is 0 Å². The summed E-state index contributed by atoms with van der Waals surface area (Å²) < 4.78 is 6.63. The van der Waals surface area contributed by atoms with Gasteiger partial charge in [0, 0.05) is 24.1 Å². The fraction of sp³-hybridized carbons (Fsp3) is 0.571. The molecule has 1 aromatic rings. The Balaban J connectivity index is 1.66. The van der Waals surface area contributed by atoms with Gasteiger partial charge >= 0.3 is 0 Å². The molecule has 0 spiro atoms. The number of aliphatic hydroxyl groups excluding tert-OH is 1. The first-order valence-corrected chi connectivity index (χ1v) is 7.80. The van der Waals surface area contributed by atoms with Crippen molar-refractivity contribution >= 4 is 27.5 Å². The van der Waals surface area contributed by atoms with Gasteiger partial charge in [0.15, 0.2) is 0 Å². The highest BCUT2D eigenvalue weighted by molar-refractivity contribution is 9.10. The lowest BCUT2D eigenvalue weighted by molar-refractivity contribution is 0.0800. The van der Waals surface area contributed by atoms with Gasteiger partial charge in [-0.15, -0.1) is 0 Å². The number of piperidine rings is 1. The van der Waals surface area contributed by atoms with Crippen LogP contribution in [0.2, 0.25) is 5.02 Å². The van der Waals surface area contributed by atoms with Crippen LogP contribution in [0.25, 0.3) is 0 Å². The molecule has 0 unspecified atom stereocenters. The van der Waals surface area contributed by atoms with Gasteiger partial charge in [-0.25, -0.2) is 0 Å². The maximum absolute atomic E-state index is 9.43. The Morgan fingerprint density at radius 2 is 2.11 bits per heavy atom. The van der Waals surface area contributed by atoms with E-state index in [2.05, 4.69) is 20.8 Å². The maximum Gasteiger partial charge on any atom is 0.137 e. The molecule has 1 aromatic carbocycles. The zero-order chi connectivity index (χ0) is 13.7. The summed E-state index contributed by atoms with van der Waals surface area (Å²) in [5.41, 5.74) is 0. The molecule has 1 saturated heterocycles. The van der Waals surface area contributed by atoms with E-state index >= 15 is 0 Å². The second kappa shape index (κ2) is 7.48. The number of hydrogen-bond acceptors (Lipinski definition) is 3. The van der Waals surface area contributed by atoms with E-state index in [0.717, 1.165) is 49.1 Å². The number of aliphatic hydroxyl groups is 1. The smallest absolute Gasteiger partial charge is 0.137 e. The average molecular weight is 349 g/mol. The quantitative estimate of drug-likeness (QED) is 0.829. The normalized spacial score (nSPS) is 17.6. The number of halogens is 2. The van der Waals surface area contributed by atoms with Gasteiger partial charge in [-0.3, -0.25) is 0 Å². The second-order valence-electron chi connectivity index (χ2n) is 4.85. The van der Waals surface area contributed by atoms with Crippen LogP contribution < -0.4 is 4.74 Å². The fourth-order valence-corrected chi connectivity index (χ4v) is 2.93. The van der Waals surface area contributed by atoms with Crippen molar-refractivity contribution in [3.63, 3.8) is 0 Å². The van der Waals surface area contributed by atoms with Crippen LogP contribution in [0.15, 0.2) is 22.7 Å². The molecule has 1 fully saturated rings. The molecule has 0 aliphatic carbocycles. The van der Waals surface area contributed by atoms with Gasteiger partial charge in [0.05, 0.1) is 17.7 Å². The van der Waals surface area contributed by atoms with E-state index in [-0.39, 0.29) is 6.10 Å². The van der Waals surface area contributed by atoms with Crippen LogP contribution in [0, 0.1) is 0 Å². The molecule has 1 heterocycles. The van der Waals surface area contributed by atoms with Crippen LogP contribution >= 0.6 is 27.5 Å². The minimum Gasteiger partial charge on any atom is -0.492 e. The highest BCUT2D eigenvalue weighted by atomic mass is 79.9. The Morgan fingerprint density at radius 1 is 1.37 bits per heavy atom. The number of rotatable bonds is 5. The summed E-state index contributed by atoms with van der Waals surface area (Å²) in [6, 6.07) is 5.64. The average Bonchev–Trinajstić information content (AvgIpc) is 2.39. The van der Waals surface area contributed by atoms with E-state index in [1.54, 1.807) is 0 Å². The van der Waals surface area contributed by atoms with Crippen LogP contribution in [0.3, 0.4) is 0 Å². The third-order valence-electron chi connectivity index (χ3n) is 3.33. The van der Waals surface area contributed by atoms with E-state index < -0.39 is 0 Å². The number of hydrogen-bond donors (Lipinski definition) is 1. The van der Waals surface area contributed by atoms with Crippen LogP contribution in [0.4, 0.5) is 0 Å². The minimum absolute atomic E-state index is 0.103. The molecule has 3 nitrogen and oxygen atoms in total. The van der Waals surface area contributed by atoms with Gasteiger partial charge < -0.3 is 14.7 Å². The van der Waals surface area contributed by atoms with E-state index in [4.69, 9.17) is 16.3 Å². The number of ether oxygens (including phenoxy) is 1. The molecule has 1 N–H and O–H groups in total. The van der Waals surface area contributed by atoms with Crippen LogP contribution in [-0.4, -0.2) is 42.4 Å². The lowest BCUT2D eigenvalue weighted by Gasteiger charge is -2.29. The monoisotopic (exact) mass is 347 g/mol. The number of nitrogens with zero attached hydrogens (tertiary/aromatic N) is 1. The maximum atomic E-state index is 9.43. The lowest BCUT2D eigenvalue weighted by Crippen LogP contribution is -2.36. The largest absolute Gasteiger partial charge is 0.492 e. The van der Waals surface area contributed by atoms with Crippen molar-refractivity contribution in [3.05, 3.63) is 27.7 Å². The van der Waals surface area contributed by atoms with Crippen molar-refractivity contribution in [3.8, 4) is 5.75 Å². The lowest BCUT2D eigenvalue weighted by atomic mass is 10.1. The van der Waals surface area contributed by atoms with Gasteiger partial charge in [0.25, 0.3) is 0 Å². The molecule has 0 atom stereocenters. The highest BCUT2D eigenvalue weighted by Crippen LogP contribution is 2.27.